The van der Waals surface area contributed by atoms with Crippen LogP contribution in [0.25, 0.3) is 11.2 Å². The molecular weight excluding hydrogens is 2180 g/mol. The molecule has 7 aliphatic rings. The predicted octanol–water partition coefficient (Wildman–Crippen LogP) is 1.34. The van der Waals surface area contributed by atoms with Gasteiger partial charge in [0.1, 0.15) is 110 Å². The molecule has 28 atom stereocenters. The van der Waals surface area contributed by atoms with Crippen LogP contribution in [0.15, 0.2) is 97.8 Å². The number of hydrogen-bond acceptors (Lipinski definition) is 46. The van der Waals surface area contributed by atoms with Crippen LogP contribution in [0.5, 0.6) is 0 Å². The third-order valence-corrected chi connectivity index (χ3v) is 35.0. The molecule has 8 aromatic rings. The standard InChI is InChI=1S/C72H98N19O38P7S7/c1-9-37-38(10-51(116-37)85-17-31(2)59(73)79-67(85)96)124-131(103,138)110-28-50-44(16-57(122-50)91-30-78-58-61(75)76-29-77-62(58)91)129-136(108,143)115-27-49-43(15-56(121-49)90-22-36(7)66(95)84-72(90)101)128-135(107,142)114-26-48-42(14-55(120-48)89-21-35(6)65(94)83-71(89)100)127-134(106,141)113-25-47-41(13-54(119-47)88-20-34(5)64(93)82-70(88)99)126-133(105,140)112-24-46-40(12-52(118-46)86-18-32(3)60(74)80-68(86)97)125-132(104,139)111-23-45-39(123-130(102,137)109-8)11-53(117-45)87-19-33(4)63(92)81-69(87)98/h17-22,29-30,37-57H,9-16,23-28H2,1-8H3,(H,102,137)(H,103,138)(H,104,139)(H,105,140)(H,106,141)(H,107,142)(H,108,143)(H2,73,79,96)(H2,74,80,97)(H2,75,76,77)(H,81,92,98)(H,82,93,99)(H,83,94,100)(H,84,95,101)/t37-,38-,39-,40-,41-,42-,43-,44-,45-,46-,47-,48-,49-,50-,51-,52-,53-,54-,55-,56-,57-,130?,131?,132?,133?,134?,135?,136?/m1/s1. The Balaban J connectivity index is 0.633. The minimum Gasteiger partial charge on any atom is -0.383 e. The third-order valence-electron chi connectivity index (χ3n) is 23.7. The van der Waals surface area contributed by atoms with E-state index in [1.54, 1.807) is 20.8 Å². The molecule has 7 unspecified atom stereocenters. The van der Waals surface area contributed by atoms with Gasteiger partial charge in [-0.2, -0.15) is 9.97 Å². The Morgan fingerprint density at radius 2 is 0.615 bits per heavy atom. The Morgan fingerprint density at radius 3 is 0.909 bits per heavy atom. The molecule has 8 aromatic heterocycles. The Bertz CT molecular complexity index is 7180. The van der Waals surface area contributed by atoms with Crippen molar-refractivity contribution in [3.05, 3.63) is 188 Å². The lowest BCUT2D eigenvalue weighted by Gasteiger charge is -2.28. The van der Waals surface area contributed by atoms with Crippen LogP contribution in [-0.4, -0.2) is 238 Å². The van der Waals surface area contributed by atoms with E-state index in [0.29, 0.717) is 17.5 Å². The van der Waals surface area contributed by atoms with E-state index in [1.807, 2.05) is 0 Å². The van der Waals surface area contributed by atoms with Crippen LogP contribution >= 0.6 is 59.4 Å². The summed E-state index contributed by atoms with van der Waals surface area (Å²) >= 11 is 37.4. The molecule has 57 nitrogen and oxygen atoms in total. The van der Waals surface area contributed by atoms with E-state index in [9.17, 15) is 81.9 Å². The topological polar surface area (TPSA) is 743 Å². The zero-order chi connectivity index (χ0) is 104. The fourth-order valence-corrected chi connectivity index (χ4v) is 26.3. The number of nitrogens with zero attached hydrogens (tertiary/aromatic N) is 12. The summed E-state index contributed by atoms with van der Waals surface area (Å²) in [6.45, 7) is -26.0. The summed E-state index contributed by atoms with van der Waals surface area (Å²) in [6, 6.07) is 0. The van der Waals surface area contributed by atoms with Crippen molar-refractivity contribution in [3.8, 4) is 0 Å². The molecule has 7 saturated heterocycles. The number of aryl methyl sites for hydroxylation is 6. The monoisotopic (exact) mass is 2280 g/mol. The highest BCUT2D eigenvalue weighted by Crippen LogP contribution is 2.60. The number of nitrogens with two attached hydrogens (primary N) is 3. The largest absolute Gasteiger partial charge is 0.386 e. The lowest BCUT2D eigenvalue weighted by molar-refractivity contribution is -0.0571. The number of nitrogen functional groups attached to an aromatic ring is 3. The van der Waals surface area contributed by atoms with Gasteiger partial charge in [0.25, 0.3) is 22.2 Å². The number of H-pyrrole nitrogens is 4. The summed E-state index contributed by atoms with van der Waals surface area (Å²) in [6.07, 6.45) is -19.2. The van der Waals surface area contributed by atoms with E-state index in [2.05, 4.69) is 57.1 Å². The minimum atomic E-state index is -4.94. The highest BCUT2D eigenvalue weighted by molar-refractivity contribution is 8.44. The van der Waals surface area contributed by atoms with Crippen molar-refractivity contribution in [1.82, 2.24) is 76.8 Å². The molecule has 71 heteroatoms. The number of anilines is 3. The molecule has 143 heavy (non-hydrogen) atoms. The molecule has 0 aromatic carbocycles. The lowest BCUT2D eigenvalue weighted by atomic mass is 10.1. The first-order valence-electron chi connectivity index (χ1n) is 43.1. The van der Waals surface area contributed by atoms with Gasteiger partial charge in [-0.25, -0.2) is 48.3 Å². The number of thiol groups is 1. The lowest BCUT2D eigenvalue weighted by Crippen LogP contribution is -2.33. The van der Waals surface area contributed by atoms with Crippen LogP contribution < -0.4 is 73.6 Å². The molecule has 0 aliphatic carbocycles. The van der Waals surface area contributed by atoms with Crippen molar-refractivity contribution < 1.29 is 130 Å². The number of aromatic nitrogens is 16. The van der Waals surface area contributed by atoms with Crippen molar-refractivity contribution >= 4 is 159 Å². The van der Waals surface area contributed by atoms with Crippen molar-refractivity contribution in [2.24, 2.45) is 0 Å². The number of ether oxygens (including phenoxy) is 7. The zero-order valence-electron chi connectivity index (χ0n) is 76.0. The molecule has 0 saturated carbocycles. The second-order valence-electron chi connectivity index (χ2n) is 33.7. The molecule has 0 bridgehead atoms. The highest BCUT2D eigenvalue weighted by atomic mass is 32.7. The number of aromatic amines is 4. The molecule has 15 heterocycles. The summed E-state index contributed by atoms with van der Waals surface area (Å²) in [5, 5.41) is 0. The van der Waals surface area contributed by atoms with Gasteiger partial charge in [0.05, 0.1) is 88.7 Å². The maximum absolute atomic E-state index is 15.0. The number of nitrogens with one attached hydrogen (secondary N) is 4. The first kappa shape index (κ1) is 111. The van der Waals surface area contributed by atoms with Crippen molar-refractivity contribution in [2.45, 2.75) is 229 Å². The average Bonchev–Trinajstić information content (AvgIpc) is 1.61. The van der Waals surface area contributed by atoms with Crippen LogP contribution in [0, 0.1) is 41.5 Å². The fraction of sp³-hybridized carbons (Fsp3) is 0.597. The second-order valence-corrected chi connectivity index (χ2v) is 53.4. The predicted molar refractivity (Wildman–Crippen MR) is 522 cm³/mol. The molecule has 0 amide bonds. The number of hydrogen-bond donors (Lipinski definition) is 14. The van der Waals surface area contributed by atoms with Gasteiger partial charge in [0.2, 0.25) is 0 Å². The maximum Gasteiger partial charge on any atom is 0.386 e. The van der Waals surface area contributed by atoms with E-state index >= 15 is 0 Å². The Hall–Kier alpha value is -6.17. The van der Waals surface area contributed by atoms with Gasteiger partial charge < -0.3 is 134 Å². The fourth-order valence-electron chi connectivity index (χ4n) is 16.4. The maximum atomic E-state index is 15.0. The number of fused-ring (bicyclic) bond motifs is 1. The summed E-state index contributed by atoms with van der Waals surface area (Å²) in [5.41, 5.74) is 11.0. The van der Waals surface area contributed by atoms with Gasteiger partial charge in [0.15, 0.2) is 11.5 Å². The van der Waals surface area contributed by atoms with Gasteiger partial charge in [-0.15, -0.1) is 0 Å². The summed E-state index contributed by atoms with van der Waals surface area (Å²) in [7, 11) is 1.09. The van der Waals surface area contributed by atoms with E-state index in [-0.39, 0.29) is 76.6 Å². The Kier molecular flexibility index (Phi) is 34.7. The third kappa shape index (κ3) is 26.9. The van der Waals surface area contributed by atoms with Gasteiger partial charge in [-0.05, 0) is 119 Å². The molecule has 786 valence electrons. The number of rotatable bonds is 41. The van der Waals surface area contributed by atoms with Crippen LogP contribution in [-0.2, 0) is 172 Å². The SMILES string of the molecule is CC[C@H]1O[C@@H](n2cc(C)c(N)nc2=O)C[C@H]1OP(O)(=S)OC[C@H]1O[C@@H](n2cnc3c(N)ncnc32)C[C@H]1OP(O)(=S)OC[C@H]1O[C@@H](n2cc(C)c(=O)[nH]c2=O)C[C@H]1OP(O)(=S)OC[C@H]1O[C@@H](n2cc(C)c(=O)[nH]c2=O)C[C@H]1OP(=O)(S)OC[C@H]1O[C@@H](n2cc(C)c(=O)[nH]c2=O)C[C@H]1OP(O)(=S)OC[C@H]1O[C@@H](n2cc(C)c(N)nc2=O)C[C@H]1OP(O)(=S)OC[C@H]1O[C@@H](n2cc(C)c(=O)[nH]c2=O)C[C@H]1OP(O)(=S)OC. The number of imidazole rings is 1. The highest BCUT2D eigenvalue weighted by Gasteiger charge is 2.52. The van der Waals surface area contributed by atoms with Crippen molar-refractivity contribution in [3.63, 3.8) is 0 Å². The van der Waals surface area contributed by atoms with Crippen LogP contribution in [0.3, 0.4) is 0 Å². The molecular formula is C72H98N19O38P7S7. The van der Waals surface area contributed by atoms with Gasteiger partial charge >= 0.3 is 81.2 Å². The molecule has 16 N–H and O–H groups in total. The second kappa shape index (κ2) is 44.8. The van der Waals surface area contributed by atoms with Crippen molar-refractivity contribution in [1.29, 1.82) is 0 Å². The molecule has 7 fully saturated rings. The molecule has 15 rings (SSSR count). The van der Waals surface area contributed by atoms with E-state index in [4.69, 9.17) is 185 Å². The van der Waals surface area contributed by atoms with Crippen molar-refractivity contribution in [2.75, 3.05) is 64.0 Å². The van der Waals surface area contributed by atoms with Crippen LogP contribution in [0.4, 0.5) is 17.5 Å². The first-order valence-corrected chi connectivity index (χ1v) is 61.3. The summed E-state index contributed by atoms with van der Waals surface area (Å²) in [4.78, 5) is 230. The Morgan fingerprint density at radius 1 is 0.364 bits per heavy atom. The van der Waals surface area contributed by atoms with Gasteiger partial charge in [-0.3, -0.25) is 80.1 Å². The quantitative estimate of drug-likeness (QED) is 0.0190. The van der Waals surface area contributed by atoms with Gasteiger partial charge in [-0.1, -0.05) is 19.2 Å². The smallest absolute Gasteiger partial charge is 0.383 e. The van der Waals surface area contributed by atoms with Gasteiger partial charge in [0, 0.05) is 123 Å². The Labute approximate surface area is 841 Å². The molecule has 7 aliphatic heterocycles. The minimum absolute atomic E-state index is 0.0142. The summed E-state index contributed by atoms with van der Waals surface area (Å²) in [5.74, 6) is -0.0695. The molecule has 0 radical (unpaired) electrons. The van der Waals surface area contributed by atoms with Crippen LogP contribution in [0.2, 0.25) is 0 Å². The van der Waals surface area contributed by atoms with E-state index < -0.39 is 291 Å². The normalized spacial score (nSPS) is 29.7. The first-order chi connectivity index (χ1) is 67.1. The summed E-state index contributed by atoms with van der Waals surface area (Å²) < 4.78 is 150. The van der Waals surface area contributed by atoms with E-state index in [0.717, 1.165) is 42.3 Å². The molecule has 0 spiro atoms. The van der Waals surface area contributed by atoms with Crippen LogP contribution in [0.1, 0.15) is 135 Å². The zero-order valence-corrected chi connectivity index (χ0v) is 88.1. The average molecular weight is 2280 g/mol. The van der Waals surface area contributed by atoms with E-state index in [1.165, 1.54) is 74.3 Å².